The first-order valence-corrected chi connectivity index (χ1v) is 9.50. The number of amides is 1. The number of hydrogen-bond donors (Lipinski definition) is 1. The van der Waals surface area contributed by atoms with Crippen molar-refractivity contribution in [3.8, 4) is 0 Å². The van der Waals surface area contributed by atoms with Crippen molar-refractivity contribution >= 4 is 27.3 Å². The van der Waals surface area contributed by atoms with Gasteiger partial charge in [0, 0.05) is 31.5 Å². The molecule has 1 aliphatic heterocycles. The summed E-state index contributed by atoms with van der Waals surface area (Å²) in [7, 11) is -3.41. The number of thiophene rings is 1. The predicted molar refractivity (Wildman–Crippen MR) is 85.6 cm³/mol. The van der Waals surface area contributed by atoms with Crippen LogP contribution in [0.15, 0.2) is 40.3 Å². The minimum absolute atomic E-state index is 0.0562. The van der Waals surface area contributed by atoms with Crippen LogP contribution in [0.2, 0.25) is 0 Å². The van der Waals surface area contributed by atoms with Gasteiger partial charge in [-0.05, 0) is 24.3 Å². The van der Waals surface area contributed by atoms with Crippen molar-refractivity contribution in [1.29, 1.82) is 0 Å². The highest BCUT2D eigenvalue weighted by atomic mass is 32.2. The summed E-state index contributed by atoms with van der Waals surface area (Å²) < 4.78 is 26.7. The van der Waals surface area contributed by atoms with Gasteiger partial charge in [0.15, 0.2) is 0 Å². The van der Waals surface area contributed by atoms with Crippen molar-refractivity contribution in [2.45, 2.75) is 23.1 Å². The molecule has 1 fully saturated rings. The van der Waals surface area contributed by atoms with Crippen molar-refractivity contribution in [3.63, 3.8) is 0 Å². The minimum atomic E-state index is -3.41. The molecule has 1 aliphatic rings. The predicted octanol–water partition coefficient (Wildman–Crippen LogP) is 1.12. The fraction of sp³-hybridized carbons (Fsp3) is 0.357. The van der Waals surface area contributed by atoms with Gasteiger partial charge in [0.05, 0.1) is 6.20 Å². The second kappa shape index (κ2) is 6.73. The van der Waals surface area contributed by atoms with Gasteiger partial charge in [-0.3, -0.25) is 9.78 Å². The molecular formula is C14H16N4O3S2. The Bertz CT molecular complexity index is 755. The van der Waals surface area contributed by atoms with Crippen LogP contribution in [-0.4, -0.2) is 47.7 Å². The van der Waals surface area contributed by atoms with Crippen molar-refractivity contribution in [2.75, 3.05) is 13.1 Å². The van der Waals surface area contributed by atoms with E-state index in [9.17, 15) is 13.2 Å². The van der Waals surface area contributed by atoms with Crippen molar-refractivity contribution in [3.05, 3.63) is 41.8 Å². The molecule has 0 aliphatic carbocycles. The molecule has 0 unspecified atom stereocenters. The normalized spacial score (nSPS) is 17.0. The average Bonchev–Trinajstić information content (AvgIpc) is 3.11. The summed E-state index contributed by atoms with van der Waals surface area (Å²) in [5.74, 6) is -0.280. The highest BCUT2D eigenvalue weighted by Crippen LogP contribution is 2.24. The maximum Gasteiger partial charge on any atom is 0.271 e. The average molecular weight is 352 g/mol. The third-order valence-corrected chi connectivity index (χ3v) is 6.95. The van der Waals surface area contributed by atoms with Crippen LogP contribution in [-0.2, 0) is 10.0 Å². The molecule has 2 aromatic rings. The summed E-state index contributed by atoms with van der Waals surface area (Å²) in [6.45, 7) is 0.789. The number of nitrogens with zero attached hydrogens (tertiary/aromatic N) is 3. The van der Waals surface area contributed by atoms with Gasteiger partial charge >= 0.3 is 0 Å². The number of nitrogens with one attached hydrogen (secondary N) is 1. The maximum absolute atomic E-state index is 12.4. The first-order valence-electron chi connectivity index (χ1n) is 7.18. The van der Waals surface area contributed by atoms with E-state index in [4.69, 9.17) is 0 Å². The number of sulfonamides is 1. The van der Waals surface area contributed by atoms with E-state index in [0.29, 0.717) is 30.1 Å². The van der Waals surface area contributed by atoms with E-state index >= 15 is 0 Å². The first kappa shape index (κ1) is 16.0. The Morgan fingerprint density at radius 3 is 2.70 bits per heavy atom. The molecule has 7 nitrogen and oxygen atoms in total. The number of carbonyl (C=O) groups excluding carboxylic acids is 1. The molecular weight excluding hydrogens is 336 g/mol. The lowest BCUT2D eigenvalue weighted by Crippen LogP contribution is -2.46. The Morgan fingerprint density at radius 2 is 2.09 bits per heavy atom. The van der Waals surface area contributed by atoms with E-state index < -0.39 is 10.0 Å². The van der Waals surface area contributed by atoms with Crippen LogP contribution in [0.5, 0.6) is 0 Å². The van der Waals surface area contributed by atoms with E-state index in [1.807, 2.05) is 0 Å². The minimum Gasteiger partial charge on any atom is -0.348 e. The monoisotopic (exact) mass is 352 g/mol. The zero-order valence-corrected chi connectivity index (χ0v) is 13.9. The standard InChI is InChI=1S/C14H16N4O3S2/c19-14(12-10-15-5-6-16-12)17-11-3-7-18(8-4-11)23(20,21)13-2-1-9-22-13/h1-2,5-6,9-11H,3-4,7-8H2,(H,17,19). The molecule has 0 spiro atoms. The smallest absolute Gasteiger partial charge is 0.271 e. The third kappa shape index (κ3) is 3.57. The highest BCUT2D eigenvalue weighted by Gasteiger charge is 2.30. The summed E-state index contributed by atoms with van der Waals surface area (Å²) in [6, 6.07) is 3.28. The lowest BCUT2D eigenvalue weighted by molar-refractivity contribution is 0.0918. The Morgan fingerprint density at radius 1 is 1.30 bits per heavy atom. The zero-order valence-electron chi connectivity index (χ0n) is 12.3. The van der Waals surface area contributed by atoms with Gasteiger partial charge in [0.1, 0.15) is 9.90 Å². The summed E-state index contributed by atoms with van der Waals surface area (Å²) >= 11 is 1.22. The fourth-order valence-electron chi connectivity index (χ4n) is 2.45. The second-order valence-corrected chi connectivity index (χ2v) is 8.29. The van der Waals surface area contributed by atoms with Crippen LogP contribution in [0, 0.1) is 0 Å². The van der Waals surface area contributed by atoms with Crippen molar-refractivity contribution in [1.82, 2.24) is 19.6 Å². The maximum atomic E-state index is 12.4. The Labute approximate surface area is 138 Å². The molecule has 23 heavy (non-hydrogen) atoms. The summed E-state index contributed by atoms with van der Waals surface area (Å²) in [4.78, 5) is 19.8. The van der Waals surface area contributed by atoms with Crippen LogP contribution in [0.4, 0.5) is 0 Å². The van der Waals surface area contributed by atoms with Gasteiger partial charge in [-0.15, -0.1) is 11.3 Å². The highest BCUT2D eigenvalue weighted by molar-refractivity contribution is 7.91. The topological polar surface area (TPSA) is 92.3 Å². The third-order valence-electron chi connectivity index (χ3n) is 3.67. The van der Waals surface area contributed by atoms with Crippen LogP contribution in [0.3, 0.4) is 0 Å². The van der Waals surface area contributed by atoms with Crippen LogP contribution in [0.25, 0.3) is 0 Å². The zero-order chi connectivity index (χ0) is 16.3. The molecule has 1 amide bonds. The van der Waals surface area contributed by atoms with E-state index in [1.165, 1.54) is 34.2 Å². The van der Waals surface area contributed by atoms with Gasteiger partial charge in [0.2, 0.25) is 0 Å². The SMILES string of the molecule is O=C(NC1CCN(S(=O)(=O)c2cccs2)CC1)c1cnccn1. The molecule has 3 rings (SSSR count). The molecule has 1 saturated heterocycles. The number of rotatable bonds is 4. The van der Waals surface area contributed by atoms with Crippen LogP contribution < -0.4 is 5.32 Å². The number of hydrogen-bond acceptors (Lipinski definition) is 6. The lowest BCUT2D eigenvalue weighted by atomic mass is 10.1. The number of aromatic nitrogens is 2. The molecule has 3 heterocycles. The Hall–Kier alpha value is -1.84. The summed E-state index contributed by atoms with van der Waals surface area (Å²) in [5, 5.41) is 4.63. The second-order valence-electron chi connectivity index (χ2n) is 5.17. The number of carbonyl (C=O) groups is 1. The molecule has 0 radical (unpaired) electrons. The fourth-order valence-corrected chi connectivity index (χ4v) is 5.07. The van der Waals surface area contributed by atoms with Gasteiger partial charge in [-0.2, -0.15) is 4.31 Å². The summed E-state index contributed by atoms with van der Waals surface area (Å²) in [6.07, 6.45) is 5.54. The number of piperidine rings is 1. The molecule has 122 valence electrons. The van der Waals surface area contributed by atoms with Crippen LogP contribution in [0.1, 0.15) is 23.3 Å². The van der Waals surface area contributed by atoms with Crippen LogP contribution >= 0.6 is 11.3 Å². The van der Waals surface area contributed by atoms with E-state index in [0.717, 1.165) is 0 Å². The van der Waals surface area contributed by atoms with Gasteiger partial charge in [0.25, 0.3) is 15.9 Å². The quantitative estimate of drug-likeness (QED) is 0.890. The molecule has 9 heteroatoms. The molecule has 0 aromatic carbocycles. The molecule has 0 atom stereocenters. The van der Waals surface area contributed by atoms with Gasteiger partial charge in [-0.25, -0.2) is 13.4 Å². The molecule has 2 aromatic heterocycles. The lowest BCUT2D eigenvalue weighted by Gasteiger charge is -2.31. The molecule has 0 saturated carbocycles. The van der Waals surface area contributed by atoms with E-state index in [1.54, 1.807) is 17.5 Å². The first-order chi connectivity index (χ1) is 11.1. The molecule has 0 bridgehead atoms. The summed E-state index contributed by atoms with van der Waals surface area (Å²) in [5.41, 5.74) is 0.265. The van der Waals surface area contributed by atoms with E-state index in [-0.39, 0.29) is 17.6 Å². The van der Waals surface area contributed by atoms with Gasteiger partial charge < -0.3 is 5.32 Å². The largest absolute Gasteiger partial charge is 0.348 e. The Balaban J connectivity index is 1.58. The van der Waals surface area contributed by atoms with E-state index in [2.05, 4.69) is 15.3 Å². The van der Waals surface area contributed by atoms with Gasteiger partial charge in [-0.1, -0.05) is 6.07 Å². The van der Waals surface area contributed by atoms with Crippen molar-refractivity contribution in [2.24, 2.45) is 0 Å². The van der Waals surface area contributed by atoms with Crippen molar-refractivity contribution < 1.29 is 13.2 Å². The molecule has 1 N–H and O–H groups in total. The Kier molecular flexibility index (Phi) is 4.69.